The van der Waals surface area contributed by atoms with Crippen LogP contribution in [0.3, 0.4) is 0 Å². The Morgan fingerprint density at radius 1 is 1.36 bits per heavy atom. The maximum Gasteiger partial charge on any atom is 1.00 e. The molecule has 4 heteroatoms. The van der Waals surface area contributed by atoms with Gasteiger partial charge in [0, 0.05) is 6.54 Å². The summed E-state index contributed by atoms with van der Waals surface area (Å²) in [6.45, 7) is 1.05. The summed E-state index contributed by atoms with van der Waals surface area (Å²) in [5, 5.41) is 12.4. The predicted octanol–water partition coefficient (Wildman–Crippen LogP) is -1.32. The Hall–Kier alpha value is 0.906. The smallest absolute Gasteiger partial charge is 0.857 e. The van der Waals surface area contributed by atoms with Crippen LogP contribution in [0.1, 0.15) is 12.0 Å². The number of fused-ring (bicyclic) bond motifs is 1. The van der Waals surface area contributed by atoms with E-state index in [-0.39, 0.29) is 51.4 Å². The number of benzene rings is 1. The molecule has 0 bridgehead atoms. The van der Waals surface area contributed by atoms with Gasteiger partial charge in [-0.1, -0.05) is 23.7 Å². The summed E-state index contributed by atoms with van der Waals surface area (Å²) in [5.41, 5.74) is 2.49. The molecule has 0 aromatic heterocycles. The molecular formula is C10H13ClKNO. The first-order chi connectivity index (χ1) is 6.38. The second kappa shape index (κ2) is 8.10. The molecule has 2 nitrogen and oxygen atoms in total. The molecule has 14 heavy (non-hydrogen) atoms. The van der Waals surface area contributed by atoms with Crippen LogP contribution in [-0.4, -0.2) is 13.7 Å². The second-order valence-corrected chi connectivity index (χ2v) is 3.21. The van der Waals surface area contributed by atoms with Gasteiger partial charge < -0.3 is 10.4 Å². The van der Waals surface area contributed by atoms with Crippen molar-refractivity contribution < 1.29 is 56.5 Å². The van der Waals surface area contributed by atoms with Crippen LogP contribution in [-0.2, 0) is 6.42 Å². The number of rotatable bonds is 0. The Morgan fingerprint density at radius 3 is 2.71 bits per heavy atom. The van der Waals surface area contributed by atoms with Crippen LogP contribution in [0, 0.1) is 0 Å². The van der Waals surface area contributed by atoms with Crippen LogP contribution in [0.25, 0.3) is 0 Å². The first-order valence-electron chi connectivity index (χ1n) is 4.30. The SMILES string of the molecule is C[O-].Clc1cccc2c1NCCC2.[K+]. The first kappa shape index (κ1) is 14.9. The van der Waals surface area contributed by atoms with Gasteiger partial charge in [0.05, 0.1) is 10.7 Å². The number of aryl methyl sites for hydroxylation is 1. The molecule has 0 unspecified atom stereocenters. The van der Waals surface area contributed by atoms with Crippen LogP contribution in [0.2, 0.25) is 5.02 Å². The first-order valence-corrected chi connectivity index (χ1v) is 4.68. The van der Waals surface area contributed by atoms with Crippen molar-refractivity contribution in [1.82, 2.24) is 0 Å². The molecule has 1 aromatic carbocycles. The van der Waals surface area contributed by atoms with Gasteiger partial charge in [-0.3, -0.25) is 0 Å². The molecule has 0 amide bonds. The molecule has 2 rings (SSSR count). The summed E-state index contributed by atoms with van der Waals surface area (Å²) >= 11 is 5.98. The summed E-state index contributed by atoms with van der Waals surface area (Å²) in [6, 6.07) is 6.07. The zero-order chi connectivity index (χ0) is 9.68. The fraction of sp³-hybridized carbons (Fsp3) is 0.400. The Balaban J connectivity index is 0.000000531. The molecule has 0 spiro atoms. The average Bonchev–Trinajstić information content (AvgIpc) is 2.22. The van der Waals surface area contributed by atoms with E-state index in [0.29, 0.717) is 0 Å². The molecule has 0 radical (unpaired) electrons. The third-order valence-corrected chi connectivity index (χ3v) is 2.34. The fourth-order valence-corrected chi connectivity index (χ4v) is 1.73. The molecule has 0 aliphatic carbocycles. The van der Waals surface area contributed by atoms with E-state index in [2.05, 4.69) is 11.4 Å². The summed E-state index contributed by atoms with van der Waals surface area (Å²) in [6.07, 6.45) is 2.37. The molecule has 1 aliphatic rings. The normalized spacial score (nSPS) is 12.5. The predicted molar refractivity (Wildman–Crippen MR) is 54.2 cm³/mol. The van der Waals surface area contributed by atoms with Gasteiger partial charge in [-0.05, 0) is 24.5 Å². The van der Waals surface area contributed by atoms with Crippen molar-refractivity contribution in [1.29, 1.82) is 0 Å². The van der Waals surface area contributed by atoms with E-state index >= 15 is 0 Å². The standard InChI is InChI=1S/C9H10ClN.CH3O.K/c10-8-5-1-3-7-4-2-6-11-9(7)8;1-2;/h1,3,5,11H,2,4,6H2;1H3;/q;-1;+1. The zero-order valence-electron chi connectivity index (χ0n) is 8.64. The summed E-state index contributed by atoms with van der Waals surface area (Å²) in [5.74, 6) is 0. The van der Waals surface area contributed by atoms with Gasteiger partial charge in [-0.15, -0.1) is 0 Å². The molecule has 1 heterocycles. The molecule has 0 saturated carbocycles. The number of hydrogen-bond acceptors (Lipinski definition) is 2. The molecule has 0 saturated heterocycles. The molecule has 1 N–H and O–H groups in total. The third kappa shape index (κ3) is 3.81. The minimum absolute atomic E-state index is 0. The van der Waals surface area contributed by atoms with Crippen LogP contribution < -0.4 is 61.8 Å². The number of nitrogens with one attached hydrogen (secondary N) is 1. The van der Waals surface area contributed by atoms with Gasteiger partial charge in [0.25, 0.3) is 0 Å². The molecule has 0 atom stereocenters. The van der Waals surface area contributed by atoms with Crippen molar-refractivity contribution in [3.8, 4) is 0 Å². The maximum atomic E-state index is 8.25. The van der Waals surface area contributed by atoms with Gasteiger partial charge in [0.2, 0.25) is 0 Å². The van der Waals surface area contributed by atoms with Crippen LogP contribution in [0.15, 0.2) is 18.2 Å². The van der Waals surface area contributed by atoms with Gasteiger partial charge in [-0.25, -0.2) is 0 Å². The molecule has 72 valence electrons. The quantitative estimate of drug-likeness (QED) is 0.568. The van der Waals surface area contributed by atoms with Crippen molar-refractivity contribution in [2.24, 2.45) is 0 Å². The van der Waals surface area contributed by atoms with E-state index < -0.39 is 0 Å². The number of hydrogen-bond donors (Lipinski definition) is 1. The van der Waals surface area contributed by atoms with Crippen molar-refractivity contribution in [3.05, 3.63) is 28.8 Å². The Morgan fingerprint density at radius 2 is 2.07 bits per heavy atom. The zero-order valence-corrected chi connectivity index (χ0v) is 12.5. The monoisotopic (exact) mass is 237 g/mol. The van der Waals surface area contributed by atoms with E-state index in [4.69, 9.17) is 16.7 Å². The Labute approximate surface area is 132 Å². The maximum absolute atomic E-state index is 8.25. The van der Waals surface area contributed by atoms with Crippen LogP contribution >= 0.6 is 11.6 Å². The van der Waals surface area contributed by atoms with Crippen LogP contribution in [0.4, 0.5) is 5.69 Å². The van der Waals surface area contributed by atoms with E-state index in [0.717, 1.165) is 30.8 Å². The molecule has 1 aliphatic heterocycles. The average molecular weight is 238 g/mol. The number of halogens is 1. The van der Waals surface area contributed by atoms with Gasteiger partial charge >= 0.3 is 51.4 Å². The van der Waals surface area contributed by atoms with Gasteiger partial charge in [0.15, 0.2) is 0 Å². The number of anilines is 1. The molecule has 0 fully saturated rings. The largest absolute Gasteiger partial charge is 1.00 e. The van der Waals surface area contributed by atoms with E-state index in [9.17, 15) is 0 Å². The van der Waals surface area contributed by atoms with Crippen molar-refractivity contribution in [3.63, 3.8) is 0 Å². The summed E-state index contributed by atoms with van der Waals surface area (Å²) < 4.78 is 0. The minimum atomic E-state index is 0. The van der Waals surface area contributed by atoms with Gasteiger partial charge in [-0.2, -0.15) is 7.11 Å². The van der Waals surface area contributed by atoms with Crippen molar-refractivity contribution in [2.45, 2.75) is 12.8 Å². The van der Waals surface area contributed by atoms with E-state index in [1.807, 2.05) is 12.1 Å². The van der Waals surface area contributed by atoms with Crippen molar-refractivity contribution in [2.75, 3.05) is 19.0 Å². The third-order valence-electron chi connectivity index (χ3n) is 2.02. The van der Waals surface area contributed by atoms with Crippen LogP contribution in [0.5, 0.6) is 0 Å². The summed E-state index contributed by atoms with van der Waals surface area (Å²) in [7, 11) is 0.750. The summed E-state index contributed by atoms with van der Waals surface area (Å²) in [4.78, 5) is 0. The van der Waals surface area contributed by atoms with E-state index in [1.54, 1.807) is 0 Å². The minimum Gasteiger partial charge on any atom is -0.857 e. The van der Waals surface area contributed by atoms with Gasteiger partial charge in [0.1, 0.15) is 0 Å². The van der Waals surface area contributed by atoms with E-state index in [1.165, 1.54) is 12.0 Å². The molecule has 1 aromatic rings. The topological polar surface area (TPSA) is 35.1 Å². The Kier molecular flexibility index (Phi) is 8.63. The van der Waals surface area contributed by atoms with Crippen molar-refractivity contribution >= 4 is 17.3 Å². The number of para-hydroxylation sites is 1. The second-order valence-electron chi connectivity index (χ2n) is 2.80. The molecular weight excluding hydrogens is 225 g/mol. The fourth-order valence-electron chi connectivity index (χ4n) is 1.47. The Bertz CT molecular complexity index is 281.